The molecule has 0 aromatic heterocycles. The van der Waals surface area contributed by atoms with E-state index in [0.29, 0.717) is 0 Å². The summed E-state index contributed by atoms with van der Waals surface area (Å²) in [7, 11) is -7.64. The van der Waals surface area contributed by atoms with E-state index in [1.807, 2.05) is 0 Å². The summed E-state index contributed by atoms with van der Waals surface area (Å²) in [6, 6.07) is 0. The van der Waals surface area contributed by atoms with Crippen LogP contribution in [0, 0.1) is 0 Å². The second-order valence-electron chi connectivity index (χ2n) is 3.65. The van der Waals surface area contributed by atoms with Gasteiger partial charge in [0.25, 0.3) is 0 Å². The summed E-state index contributed by atoms with van der Waals surface area (Å²) in [5.74, 6) is 0. The normalized spacial score (nSPS) is 21.2. The first-order valence-electron chi connectivity index (χ1n) is 4.68. The molecule has 96 valence electrons. The van der Waals surface area contributed by atoms with Gasteiger partial charge in [-0.3, -0.25) is 9.13 Å². The zero-order valence-electron chi connectivity index (χ0n) is 8.61. The number of hydrogen-bond donors (Lipinski definition) is 4. The second kappa shape index (κ2) is 4.84. The molecule has 0 atom stereocenters. The quantitative estimate of drug-likeness (QED) is 0.396. The molecule has 1 heterocycles. The van der Waals surface area contributed by atoms with E-state index in [1.54, 1.807) is 0 Å². The van der Waals surface area contributed by atoms with Crippen LogP contribution in [0.1, 0.15) is 12.8 Å². The van der Waals surface area contributed by atoms with Crippen LogP contribution < -0.4 is 11.5 Å². The van der Waals surface area contributed by atoms with Gasteiger partial charge in [0, 0.05) is 6.16 Å². The SMILES string of the molecule is NC(N)(CCCP(=O)(O)O)P1(=O)OCCO1. The van der Waals surface area contributed by atoms with Crippen molar-refractivity contribution >= 4 is 15.2 Å². The smallest absolute Gasteiger partial charge is 0.324 e. The van der Waals surface area contributed by atoms with Gasteiger partial charge in [-0.2, -0.15) is 0 Å². The lowest BCUT2D eigenvalue weighted by Crippen LogP contribution is -2.49. The van der Waals surface area contributed by atoms with Crippen molar-refractivity contribution in [2.24, 2.45) is 11.5 Å². The van der Waals surface area contributed by atoms with Crippen LogP contribution >= 0.6 is 15.2 Å². The molecule has 1 aliphatic rings. The predicted octanol–water partition coefficient (Wildman–Crippen LogP) is -0.245. The maximum Gasteiger partial charge on any atom is 0.364 e. The zero-order chi connectivity index (χ0) is 12.4. The Labute approximate surface area is 93.0 Å². The van der Waals surface area contributed by atoms with Crippen molar-refractivity contribution in [2.45, 2.75) is 18.2 Å². The van der Waals surface area contributed by atoms with Crippen LogP contribution in [0.15, 0.2) is 0 Å². The highest BCUT2D eigenvalue weighted by Gasteiger charge is 2.47. The molecule has 0 spiro atoms. The molecule has 0 aliphatic carbocycles. The monoisotopic (exact) mass is 274 g/mol. The molecule has 0 bridgehead atoms. The number of nitrogens with two attached hydrogens (primary N) is 2. The summed E-state index contributed by atoms with van der Waals surface area (Å²) in [4.78, 5) is 17.3. The topological polar surface area (TPSA) is 145 Å². The Morgan fingerprint density at radius 1 is 1.31 bits per heavy atom. The molecule has 1 saturated heterocycles. The van der Waals surface area contributed by atoms with E-state index in [1.165, 1.54) is 0 Å². The average molecular weight is 274 g/mol. The summed E-state index contributed by atoms with van der Waals surface area (Å²) < 4.78 is 32.3. The first-order valence-corrected chi connectivity index (χ1v) is 8.02. The molecule has 0 aromatic rings. The van der Waals surface area contributed by atoms with Gasteiger partial charge in [-0.25, -0.2) is 0 Å². The van der Waals surface area contributed by atoms with E-state index in [2.05, 4.69) is 0 Å². The van der Waals surface area contributed by atoms with Crippen LogP contribution in [0.2, 0.25) is 0 Å². The molecule has 16 heavy (non-hydrogen) atoms. The second-order valence-corrected chi connectivity index (χ2v) is 7.77. The van der Waals surface area contributed by atoms with Gasteiger partial charge in [0.2, 0.25) is 0 Å². The molecule has 8 nitrogen and oxygen atoms in total. The highest BCUT2D eigenvalue weighted by atomic mass is 31.2. The molecule has 1 rings (SSSR count). The van der Waals surface area contributed by atoms with E-state index in [9.17, 15) is 9.13 Å². The standard InChI is InChI=1S/C6H16N2O6P2/c7-6(8,2-1-5-15(9,10)11)16(12)13-3-4-14-16/h1-5,7-8H2,(H2,9,10,11). The van der Waals surface area contributed by atoms with Crippen LogP contribution in [0.4, 0.5) is 0 Å². The minimum Gasteiger partial charge on any atom is -0.324 e. The van der Waals surface area contributed by atoms with Crippen LogP contribution in [-0.4, -0.2) is 34.6 Å². The Balaban J connectivity index is 2.52. The van der Waals surface area contributed by atoms with Crippen molar-refractivity contribution in [3.05, 3.63) is 0 Å². The van der Waals surface area contributed by atoms with Crippen LogP contribution in [-0.2, 0) is 18.2 Å². The van der Waals surface area contributed by atoms with Crippen molar-refractivity contribution in [3.8, 4) is 0 Å². The molecule has 1 fully saturated rings. The van der Waals surface area contributed by atoms with Crippen molar-refractivity contribution in [3.63, 3.8) is 0 Å². The van der Waals surface area contributed by atoms with Crippen molar-refractivity contribution in [1.29, 1.82) is 0 Å². The Morgan fingerprint density at radius 3 is 2.25 bits per heavy atom. The molecule has 1 aliphatic heterocycles. The maximum atomic E-state index is 11.9. The van der Waals surface area contributed by atoms with Gasteiger partial charge >= 0.3 is 15.2 Å². The Morgan fingerprint density at radius 2 is 1.81 bits per heavy atom. The van der Waals surface area contributed by atoms with E-state index in [0.717, 1.165) is 0 Å². The molecular formula is C6H16N2O6P2. The van der Waals surface area contributed by atoms with Crippen molar-refractivity contribution in [2.75, 3.05) is 19.4 Å². The van der Waals surface area contributed by atoms with Gasteiger partial charge in [0.15, 0.2) is 5.40 Å². The van der Waals surface area contributed by atoms with Crippen molar-refractivity contribution in [1.82, 2.24) is 0 Å². The minimum atomic E-state index is -4.09. The first kappa shape index (κ1) is 14.3. The van der Waals surface area contributed by atoms with E-state index < -0.39 is 20.6 Å². The van der Waals surface area contributed by atoms with Crippen LogP contribution in [0.5, 0.6) is 0 Å². The largest absolute Gasteiger partial charge is 0.364 e. The molecule has 6 N–H and O–H groups in total. The van der Waals surface area contributed by atoms with Crippen molar-refractivity contribution < 1.29 is 28.0 Å². The fourth-order valence-corrected chi connectivity index (χ4v) is 3.48. The predicted molar refractivity (Wildman–Crippen MR) is 56.8 cm³/mol. The molecule has 10 heteroatoms. The number of hydrogen-bond acceptors (Lipinski definition) is 6. The fourth-order valence-electron chi connectivity index (χ4n) is 1.30. The van der Waals surface area contributed by atoms with Gasteiger partial charge in [-0.15, -0.1) is 0 Å². The Bertz CT molecular complexity index is 330. The van der Waals surface area contributed by atoms with Crippen LogP contribution in [0.3, 0.4) is 0 Å². The highest BCUT2D eigenvalue weighted by Crippen LogP contribution is 2.59. The van der Waals surface area contributed by atoms with E-state index in [-0.39, 0.29) is 32.2 Å². The van der Waals surface area contributed by atoms with Gasteiger partial charge in [-0.1, -0.05) is 0 Å². The summed E-state index contributed by atoms with van der Waals surface area (Å²) in [6.45, 7) is 0.317. The van der Waals surface area contributed by atoms with Gasteiger partial charge in [0.1, 0.15) is 0 Å². The first-order chi connectivity index (χ1) is 7.16. The maximum absolute atomic E-state index is 11.9. The third kappa shape index (κ3) is 3.61. The summed E-state index contributed by atoms with van der Waals surface area (Å²) >= 11 is 0. The molecule has 0 amide bonds. The Kier molecular flexibility index (Phi) is 4.32. The van der Waals surface area contributed by atoms with Gasteiger partial charge in [0.05, 0.1) is 13.2 Å². The van der Waals surface area contributed by atoms with E-state index >= 15 is 0 Å². The lowest BCUT2D eigenvalue weighted by Gasteiger charge is -2.28. The zero-order valence-corrected chi connectivity index (χ0v) is 10.4. The highest BCUT2D eigenvalue weighted by molar-refractivity contribution is 7.55. The summed E-state index contributed by atoms with van der Waals surface area (Å²) in [6.07, 6.45) is -0.355. The molecule has 0 unspecified atom stereocenters. The lowest BCUT2D eigenvalue weighted by molar-refractivity contribution is 0.302. The third-order valence-electron chi connectivity index (χ3n) is 2.14. The Hall–Kier alpha value is 0.220. The molecule has 0 saturated carbocycles. The van der Waals surface area contributed by atoms with Gasteiger partial charge in [-0.05, 0) is 12.8 Å². The van der Waals surface area contributed by atoms with E-state index in [4.69, 9.17) is 30.3 Å². The lowest BCUT2D eigenvalue weighted by atomic mass is 10.3. The molecular weight excluding hydrogens is 258 g/mol. The summed E-state index contributed by atoms with van der Waals surface area (Å²) in [5.41, 5.74) is 11.2. The molecule has 0 aromatic carbocycles. The average Bonchev–Trinajstić information content (AvgIpc) is 2.50. The summed E-state index contributed by atoms with van der Waals surface area (Å²) in [5, 5.41) is -1.70. The molecule has 0 radical (unpaired) electrons. The van der Waals surface area contributed by atoms with Gasteiger partial charge < -0.3 is 30.3 Å². The minimum absolute atomic E-state index is 0.0462. The van der Waals surface area contributed by atoms with Crippen LogP contribution in [0.25, 0.3) is 0 Å². The number of rotatable bonds is 5. The fraction of sp³-hybridized carbons (Fsp3) is 1.00. The third-order valence-corrected chi connectivity index (χ3v) is 5.33.